The van der Waals surface area contributed by atoms with E-state index < -0.39 is 0 Å². The van der Waals surface area contributed by atoms with E-state index in [-0.39, 0.29) is 11.9 Å². The third-order valence-corrected chi connectivity index (χ3v) is 7.73. The van der Waals surface area contributed by atoms with E-state index in [4.69, 9.17) is 0 Å². The topological polar surface area (TPSA) is 53.2 Å². The number of fused-ring (bicyclic) bond motifs is 1. The van der Waals surface area contributed by atoms with Gasteiger partial charge in [-0.3, -0.25) is 4.79 Å². The highest BCUT2D eigenvalue weighted by atomic mass is 16.2. The molecule has 7 unspecified atom stereocenters. The maximum Gasteiger partial charge on any atom is 0.237 e. The summed E-state index contributed by atoms with van der Waals surface area (Å²) in [5, 5.41) is 11.0. The lowest BCUT2D eigenvalue weighted by molar-refractivity contribution is -0.124. The van der Waals surface area contributed by atoms with Crippen LogP contribution in [0.15, 0.2) is 0 Å². The van der Waals surface area contributed by atoms with E-state index in [0.29, 0.717) is 30.0 Å². The zero-order valence-corrected chi connectivity index (χ0v) is 16.8. The third kappa shape index (κ3) is 3.96. The van der Waals surface area contributed by atoms with Crippen LogP contribution in [-0.4, -0.2) is 36.6 Å². The molecule has 2 aliphatic carbocycles. The van der Waals surface area contributed by atoms with Crippen molar-refractivity contribution in [3.8, 4) is 0 Å². The van der Waals surface area contributed by atoms with Gasteiger partial charge in [0.15, 0.2) is 0 Å². The lowest BCUT2D eigenvalue weighted by Gasteiger charge is -2.37. The Morgan fingerprint density at radius 1 is 1.15 bits per heavy atom. The molecule has 0 bridgehead atoms. The standard InChI is InChI=1S/C22H39N3O/c1-3-6-15-8-4-9-17-13-18(24-20(15)17)22(26)25-21(16-10-11-16)19-14(2)7-5-12-23-19/h14-21,23-24H,3-13H2,1-2H3,(H,25,26). The summed E-state index contributed by atoms with van der Waals surface area (Å²) >= 11 is 0. The van der Waals surface area contributed by atoms with Crippen molar-refractivity contribution >= 4 is 5.91 Å². The van der Waals surface area contributed by atoms with Crippen LogP contribution < -0.4 is 16.0 Å². The minimum Gasteiger partial charge on any atom is -0.350 e. The van der Waals surface area contributed by atoms with Crippen LogP contribution >= 0.6 is 0 Å². The summed E-state index contributed by atoms with van der Waals surface area (Å²) in [6.45, 7) is 5.76. The van der Waals surface area contributed by atoms with Gasteiger partial charge in [0.25, 0.3) is 0 Å². The molecule has 7 atom stereocenters. The maximum atomic E-state index is 13.1. The molecule has 2 saturated carbocycles. The monoisotopic (exact) mass is 361 g/mol. The molecular formula is C22H39N3O. The summed E-state index contributed by atoms with van der Waals surface area (Å²) in [5.74, 6) is 3.17. The second kappa shape index (κ2) is 8.18. The van der Waals surface area contributed by atoms with Crippen LogP contribution in [0.3, 0.4) is 0 Å². The van der Waals surface area contributed by atoms with E-state index in [9.17, 15) is 4.79 Å². The van der Waals surface area contributed by atoms with Crippen LogP contribution in [0.5, 0.6) is 0 Å². The normalized spacial score (nSPS) is 41.5. The van der Waals surface area contributed by atoms with Gasteiger partial charge in [-0.2, -0.15) is 0 Å². The Labute approximate surface area is 159 Å². The lowest BCUT2D eigenvalue weighted by atomic mass is 9.76. The molecule has 1 amide bonds. The van der Waals surface area contributed by atoms with Gasteiger partial charge in [0.1, 0.15) is 0 Å². The molecule has 0 radical (unpaired) electrons. The molecule has 4 nitrogen and oxygen atoms in total. The summed E-state index contributed by atoms with van der Waals surface area (Å²) in [7, 11) is 0. The van der Waals surface area contributed by atoms with Gasteiger partial charge in [0.05, 0.1) is 6.04 Å². The molecule has 0 spiro atoms. The van der Waals surface area contributed by atoms with Gasteiger partial charge in [-0.05, 0) is 81.6 Å². The fourth-order valence-electron chi connectivity index (χ4n) is 6.18. The molecule has 4 fully saturated rings. The molecule has 2 saturated heterocycles. The molecule has 0 aromatic heterocycles. The summed E-state index contributed by atoms with van der Waals surface area (Å²) in [6.07, 6.45) is 12.8. The van der Waals surface area contributed by atoms with Gasteiger partial charge < -0.3 is 16.0 Å². The second-order valence-electron chi connectivity index (χ2n) is 9.69. The Morgan fingerprint density at radius 3 is 2.73 bits per heavy atom. The molecule has 148 valence electrons. The first-order valence-corrected chi connectivity index (χ1v) is 11.5. The zero-order chi connectivity index (χ0) is 18.1. The highest BCUT2D eigenvalue weighted by Crippen LogP contribution is 2.40. The molecule has 4 heteroatoms. The van der Waals surface area contributed by atoms with Gasteiger partial charge in [-0.1, -0.05) is 26.7 Å². The Hall–Kier alpha value is -0.610. The van der Waals surface area contributed by atoms with Gasteiger partial charge in [-0.25, -0.2) is 0 Å². The Kier molecular flexibility index (Phi) is 5.90. The quantitative estimate of drug-likeness (QED) is 0.681. The SMILES string of the molecule is CCCC1CCCC2CC(C(=O)NC(C3CC3)C3NCCCC3C)NC12. The number of hydrogen-bond donors (Lipinski definition) is 3. The minimum absolute atomic E-state index is 0.0441. The number of amides is 1. The lowest BCUT2D eigenvalue weighted by Crippen LogP contribution is -2.58. The van der Waals surface area contributed by atoms with Gasteiger partial charge in [-0.15, -0.1) is 0 Å². The molecule has 26 heavy (non-hydrogen) atoms. The maximum absolute atomic E-state index is 13.1. The van der Waals surface area contributed by atoms with Crippen molar-refractivity contribution in [1.82, 2.24) is 16.0 Å². The van der Waals surface area contributed by atoms with Crippen molar-refractivity contribution in [2.24, 2.45) is 23.7 Å². The fourth-order valence-corrected chi connectivity index (χ4v) is 6.18. The number of carbonyl (C=O) groups excluding carboxylic acids is 1. The molecule has 2 heterocycles. The van der Waals surface area contributed by atoms with E-state index in [2.05, 4.69) is 29.8 Å². The average molecular weight is 362 g/mol. The van der Waals surface area contributed by atoms with Gasteiger partial charge in [0, 0.05) is 18.1 Å². The van der Waals surface area contributed by atoms with Gasteiger partial charge in [0.2, 0.25) is 5.91 Å². The predicted molar refractivity (Wildman–Crippen MR) is 106 cm³/mol. The van der Waals surface area contributed by atoms with Crippen molar-refractivity contribution in [3.63, 3.8) is 0 Å². The highest BCUT2D eigenvalue weighted by Gasteiger charge is 2.45. The number of hydrogen-bond acceptors (Lipinski definition) is 3. The molecule has 0 aromatic rings. The Bertz CT molecular complexity index is 490. The molecule has 4 rings (SSSR count). The van der Waals surface area contributed by atoms with Crippen LogP contribution in [-0.2, 0) is 4.79 Å². The largest absolute Gasteiger partial charge is 0.350 e. The smallest absolute Gasteiger partial charge is 0.237 e. The van der Waals surface area contributed by atoms with Crippen LogP contribution in [0.2, 0.25) is 0 Å². The predicted octanol–water partition coefficient (Wildman–Crippen LogP) is 3.22. The first-order valence-electron chi connectivity index (χ1n) is 11.5. The van der Waals surface area contributed by atoms with Crippen molar-refractivity contribution < 1.29 is 4.79 Å². The van der Waals surface area contributed by atoms with Crippen LogP contribution in [0.25, 0.3) is 0 Å². The number of rotatable bonds is 6. The van der Waals surface area contributed by atoms with Crippen LogP contribution in [0, 0.1) is 23.7 Å². The van der Waals surface area contributed by atoms with Crippen molar-refractivity contribution in [1.29, 1.82) is 0 Å². The molecule has 3 N–H and O–H groups in total. The van der Waals surface area contributed by atoms with E-state index in [0.717, 1.165) is 24.8 Å². The second-order valence-corrected chi connectivity index (χ2v) is 9.69. The van der Waals surface area contributed by atoms with E-state index in [1.54, 1.807) is 0 Å². The number of carbonyl (C=O) groups is 1. The summed E-state index contributed by atoms with van der Waals surface area (Å²) < 4.78 is 0. The van der Waals surface area contributed by atoms with E-state index in [1.807, 2.05) is 0 Å². The Balaban J connectivity index is 1.38. The molecule has 2 aliphatic heterocycles. The molecular weight excluding hydrogens is 322 g/mol. The van der Waals surface area contributed by atoms with Crippen molar-refractivity contribution in [3.05, 3.63) is 0 Å². The van der Waals surface area contributed by atoms with E-state index in [1.165, 1.54) is 57.8 Å². The average Bonchev–Trinajstić information content (AvgIpc) is 3.38. The first-order chi connectivity index (χ1) is 12.7. The Morgan fingerprint density at radius 2 is 2.00 bits per heavy atom. The summed E-state index contributed by atoms with van der Waals surface area (Å²) in [6, 6.07) is 1.44. The summed E-state index contributed by atoms with van der Waals surface area (Å²) in [4.78, 5) is 13.1. The molecule has 4 aliphatic rings. The number of piperidine rings is 1. The van der Waals surface area contributed by atoms with Crippen molar-refractivity contribution in [2.45, 2.75) is 102 Å². The van der Waals surface area contributed by atoms with E-state index >= 15 is 0 Å². The minimum atomic E-state index is 0.0441. The third-order valence-electron chi connectivity index (χ3n) is 7.73. The van der Waals surface area contributed by atoms with Crippen molar-refractivity contribution in [2.75, 3.05) is 6.54 Å². The van der Waals surface area contributed by atoms with Crippen LogP contribution in [0.4, 0.5) is 0 Å². The first kappa shape index (κ1) is 18.7. The molecule has 0 aromatic carbocycles. The number of nitrogens with one attached hydrogen (secondary N) is 3. The van der Waals surface area contributed by atoms with Gasteiger partial charge >= 0.3 is 0 Å². The fraction of sp³-hybridized carbons (Fsp3) is 0.955. The zero-order valence-electron chi connectivity index (χ0n) is 16.8. The highest BCUT2D eigenvalue weighted by molar-refractivity contribution is 5.82. The van der Waals surface area contributed by atoms with Crippen LogP contribution in [0.1, 0.15) is 78.1 Å². The summed E-state index contributed by atoms with van der Waals surface area (Å²) in [5.41, 5.74) is 0.